The number of hydrogen-bond acceptors (Lipinski definition) is 6. The zero-order chi connectivity index (χ0) is 17.3. The van der Waals surface area contributed by atoms with Crippen molar-refractivity contribution in [3.05, 3.63) is 53.1 Å². The Kier molecular flexibility index (Phi) is 3.92. The molecular weight excluding hydrogens is 332 g/mol. The van der Waals surface area contributed by atoms with Crippen LogP contribution in [0.15, 0.2) is 42.7 Å². The molecule has 2 aromatic carbocycles. The molecule has 9 heteroatoms. The van der Waals surface area contributed by atoms with E-state index in [4.69, 9.17) is 12.2 Å². The van der Waals surface area contributed by atoms with Crippen LogP contribution in [0, 0.1) is 4.77 Å². The first-order valence-electron chi connectivity index (χ1n) is 6.74. The highest BCUT2D eigenvalue weighted by Crippen LogP contribution is 2.35. The van der Waals surface area contributed by atoms with Crippen molar-refractivity contribution in [2.24, 2.45) is 0 Å². The molecule has 0 aliphatic heterocycles. The summed E-state index contributed by atoms with van der Waals surface area (Å²) < 4.78 is 2.04. The smallest absolute Gasteiger partial charge is 0.255 e. The number of carbonyl (C=O) groups is 1. The number of phenols is 3. The molecule has 5 N–H and O–H groups in total. The van der Waals surface area contributed by atoms with Crippen LogP contribution in [0.25, 0.3) is 5.69 Å². The van der Waals surface area contributed by atoms with Gasteiger partial charge in [-0.3, -0.25) is 14.5 Å². The molecule has 0 radical (unpaired) electrons. The van der Waals surface area contributed by atoms with Crippen LogP contribution in [-0.4, -0.2) is 36.0 Å². The Balaban J connectivity index is 1.88. The highest BCUT2D eigenvalue weighted by Gasteiger charge is 2.14. The number of aromatic nitrogens is 3. The Morgan fingerprint density at radius 1 is 1.17 bits per heavy atom. The number of aromatic amines is 1. The standard InChI is InChI=1S/C15H12N4O4S/c20-11-4-8(5-12(21)13(11)22)14(23)17-9-2-1-3-10(6-9)19-7-16-18-15(19)24/h1-7,20-22H,(H,17,23)(H,18,24). The summed E-state index contributed by atoms with van der Waals surface area (Å²) in [6, 6.07) is 8.99. The fourth-order valence-corrected chi connectivity index (χ4v) is 2.31. The van der Waals surface area contributed by atoms with E-state index in [1.807, 2.05) is 0 Å². The van der Waals surface area contributed by atoms with Gasteiger partial charge in [-0.15, -0.1) is 0 Å². The van der Waals surface area contributed by atoms with Gasteiger partial charge in [0, 0.05) is 11.3 Å². The predicted octanol–water partition coefficient (Wildman–Crippen LogP) is 2.30. The lowest BCUT2D eigenvalue weighted by atomic mass is 10.1. The molecule has 8 nitrogen and oxygen atoms in total. The van der Waals surface area contributed by atoms with Gasteiger partial charge in [0.25, 0.3) is 5.91 Å². The van der Waals surface area contributed by atoms with Gasteiger partial charge in [-0.1, -0.05) is 6.07 Å². The molecule has 24 heavy (non-hydrogen) atoms. The topological polar surface area (TPSA) is 123 Å². The van der Waals surface area contributed by atoms with E-state index < -0.39 is 23.2 Å². The Morgan fingerprint density at radius 2 is 1.88 bits per heavy atom. The molecule has 0 fully saturated rings. The van der Waals surface area contributed by atoms with Crippen molar-refractivity contribution in [2.75, 3.05) is 5.32 Å². The zero-order valence-corrected chi connectivity index (χ0v) is 12.9. The fourth-order valence-electron chi connectivity index (χ4n) is 2.10. The second-order valence-corrected chi connectivity index (χ2v) is 5.29. The lowest BCUT2D eigenvalue weighted by molar-refractivity contribution is 0.102. The maximum atomic E-state index is 12.2. The van der Waals surface area contributed by atoms with Crippen LogP contribution in [0.5, 0.6) is 17.2 Å². The maximum absolute atomic E-state index is 12.2. The number of hydrogen-bond donors (Lipinski definition) is 5. The number of benzene rings is 2. The summed E-state index contributed by atoms with van der Waals surface area (Å²) in [6.45, 7) is 0. The van der Waals surface area contributed by atoms with E-state index >= 15 is 0 Å². The second-order valence-electron chi connectivity index (χ2n) is 4.90. The number of H-pyrrole nitrogens is 1. The van der Waals surface area contributed by atoms with Gasteiger partial charge < -0.3 is 20.6 Å². The molecule has 0 spiro atoms. The Labute approximate surface area is 140 Å². The minimum Gasteiger partial charge on any atom is -0.504 e. The van der Waals surface area contributed by atoms with Crippen LogP contribution >= 0.6 is 12.2 Å². The number of phenolic OH excluding ortho intramolecular Hbond substituents is 3. The minimum atomic E-state index is -0.678. The van der Waals surface area contributed by atoms with E-state index in [1.54, 1.807) is 28.8 Å². The molecule has 0 atom stereocenters. The van der Waals surface area contributed by atoms with E-state index in [-0.39, 0.29) is 5.56 Å². The summed E-state index contributed by atoms with van der Waals surface area (Å²) in [5.74, 6) is -2.41. The molecule has 0 bridgehead atoms. The molecule has 0 unspecified atom stereocenters. The quantitative estimate of drug-likeness (QED) is 0.367. The average Bonchev–Trinajstić information content (AvgIpc) is 2.98. The zero-order valence-electron chi connectivity index (χ0n) is 12.1. The molecule has 3 rings (SSSR count). The van der Waals surface area contributed by atoms with Crippen molar-refractivity contribution in [3.8, 4) is 22.9 Å². The largest absolute Gasteiger partial charge is 0.504 e. The van der Waals surface area contributed by atoms with Gasteiger partial charge in [0.15, 0.2) is 22.0 Å². The first-order valence-corrected chi connectivity index (χ1v) is 7.15. The number of nitrogens with one attached hydrogen (secondary N) is 2. The van der Waals surface area contributed by atoms with E-state index in [0.29, 0.717) is 16.1 Å². The fraction of sp³-hybridized carbons (Fsp3) is 0. The van der Waals surface area contributed by atoms with Crippen LogP contribution < -0.4 is 5.32 Å². The maximum Gasteiger partial charge on any atom is 0.255 e. The van der Waals surface area contributed by atoms with Crippen molar-refractivity contribution >= 4 is 23.8 Å². The van der Waals surface area contributed by atoms with Gasteiger partial charge in [0.05, 0.1) is 5.69 Å². The van der Waals surface area contributed by atoms with E-state index in [1.165, 1.54) is 6.33 Å². The van der Waals surface area contributed by atoms with Gasteiger partial charge in [-0.25, -0.2) is 0 Å². The Hall–Kier alpha value is -3.33. The number of carbonyl (C=O) groups excluding carboxylic acids is 1. The van der Waals surface area contributed by atoms with Crippen molar-refractivity contribution < 1.29 is 20.1 Å². The van der Waals surface area contributed by atoms with E-state index in [9.17, 15) is 20.1 Å². The van der Waals surface area contributed by atoms with Crippen molar-refractivity contribution in [3.63, 3.8) is 0 Å². The summed E-state index contributed by atoms with van der Waals surface area (Å²) in [5.41, 5.74) is 1.17. The molecular formula is C15H12N4O4S. The molecule has 0 aliphatic rings. The lowest BCUT2D eigenvalue weighted by Crippen LogP contribution is -2.12. The predicted molar refractivity (Wildman–Crippen MR) is 88.1 cm³/mol. The number of nitrogens with zero attached hydrogens (tertiary/aromatic N) is 2. The molecule has 122 valence electrons. The summed E-state index contributed by atoms with van der Waals surface area (Å²) in [6.07, 6.45) is 1.51. The molecule has 1 amide bonds. The number of amides is 1. The minimum absolute atomic E-state index is 0.00637. The third kappa shape index (κ3) is 2.92. The monoisotopic (exact) mass is 344 g/mol. The summed E-state index contributed by atoms with van der Waals surface area (Å²) in [5, 5.41) is 37.4. The first-order chi connectivity index (χ1) is 11.5. The van der Waals surface area contributed by atoms with Crippen LogP contribution in [-0.2, 0) is 0 Å². The van der Waals surface area contributed by atoms with E-state index in [0.717, 1.165) is 12.1 Å². The summed E-state index contributed by atoms with van der Waals surface area (Å²) in [7, 11) is 0. The number of rotatable bonds is 3. The molecule has 1 aromatic heterocycles. The third-order valence-electron chi connectivity index (χ3n) is 3.27. The molecule has 0 saturated carbocycles. The van der Waals surface area contributed by atoms with Crippen molar-refractivity contribution in [2.45, 2.75) is 0 Å². The highest BCUT2D eigenvalue weighted by molar-refractivity contribution is 7.71. The Bertz CT molecular complexity index is 956. The summed E-state index contributed by atoms with van der Waals surface area (Å²) in [4.78, 5) is 12.2. The molecule has 1 heterocycles. The molecule has 0 saturated heterocycles. The summed E-state index contributed by atoms with van der Waals surface area (Å²) >= 11 is 5.09. The third-order valence-corrected chi connectivity index (χ3v) is 3.55. The molecule has 0 aliphatic carbocycles. The van der Waals surface area contributed by atoms with Gasteiger partial charge in [0.1, 0.15) is 6.33 Å². The SMILES string of the molecule is O=C(Nc1cccc(-n2cn[nH]c2=S)c1)c1cc(O)c(O)c(O)c1. The normalized spacial score (nSPS) is 10.5. The van der Waals surface area contributed by atoms with Gasteiger partial charge >= 0.3 is 0 Å². The Morgan fingerprint density at radius 3 is 2.50 bits per heavy atom. The van der Waals surface area contributed by atoms with Gasteiger partial charge in [-0.2, -0.15) is 5.10 Å². The van der Waals surface area contributed by atoms with Crippen LogP contribution in [0.4, 0.5) is 5.69 Å². The van der Waals surface area contributed by atoms with Crippen LogP contribution in [0.2, 0.25) is 0 Å². The van der Waals surface area contributed by atoms with E-state index in [2.05, 4.69) is 15.5 Å². The van der Waals surface area contributed by atoms with Crippen molar-refractivity contribution in [1.82, 2.24) is 14.8 Å². The van der Waals surface area contributed by atoms with Gasteiger partial charge in [-0.05, 0) is 42.5 Å². The van der Waals surface area contributed by atoms with Crippen molar-refractivity contribution in [1.29, 1.82) is 0 Å². The average molecular weight is 344 g/mol. The number of aromatic hydroxyl groups is 3. The van der Waals surface area contributed by atoms with Crippen LogP contribution in [0.3, 0.4) is 0 Å². The van der Waals surface area contributed by atoms with Gasteiger partial charge in [0.2, 0.25) is 0 Å². The first kappa shape index (κ1) is 15.6. The molecule has 3 aromatic rings. The lowest BCUT2D eigenvalue weighted by Gasteiger charge is -2.09. The van der Waals surface area contributed by atoms with Crippen LogP contribution in [0.1, 0.15) is 10.4 Å². The highest BCUT2D eigenvalue weighted by atomic mass is 32.1. The number of anilines is 1. The second kappa shape index (κ2) is 6.05.